The monoisotopic (exact) mass is 1230 g/mol. The Bertz CT molecular complexity index is 2820. The molecule has 2 aliphatic rings. The third-order valence-electron chi connectivity index (χ3n) is 12.0. The van der Waals surface area contributed by atoms with Crippen LogP contribution in [0.5, 0.6) is 0 Å². The molecule has 0 radical (unpaired) electrons. The van der Waals surface area contributed by atoms with Gasteiger partial charge in [-0.1, -0.05) is 58.7 Å². The van der Waals surface area contributed by atoms with Gasteiger partial charge in [0, 0.05) is 26.2 Å². The predicted molar refractivity (Wildman–Crippen MR) is 317 cm³/mol. The van der Waals surface area contributed by atoms with E-state index < -0.39 is 0 Å². The molecule has 0 amide bonds. The maximum absolute atomic E-state index is 5.35. The first-order valence-electron chi connectivity index (χ1n) is 26.7. The first-order valence-corrected chi connectivity index (χ1v) is 28.3. The van der Waals surface area contributed by atoms with Crippen LogP contribution < -0.4 is 76.5 Å². The molecule has 10 heterocycles. The van der Waals surface area contributed by atoms with E-state index in [1.165, 1.54) is 0 Å². The summed E-state index contributed by atoms with van der Waals surface area (Å²) in [6.45, 7) is 11.6. The molecule has 0 atom stereocenters. The summed E-state index contributed by atoms with van der Waals surface area (Å²) < 4.78 is 14.8. The van der Waals surface area contributed by atoms with E-state index in [-0.39, 0.29) is 24.8 Å². The van der Waals surface area contributed by atoms with Gasteiger partial charge in [-0.3, -0.25) is 0 Å². The number of pyridine rings is 2. The quantitative estimate of drug-likeness (QED) is 0.0609. The maximum atomic E-state index is 5.35. The van der Waals surface area contributed by atoms with E-state index in [2.05, 4.69) is 142 Å². The van der Waals surface area contributed by atoms with Gasteiger partial charge in [0.2, 0.25) is 12.7 Å². The van der Waals surface area contributed by atoms with Crippen LogP contribution >= 0.6 is 48.9 Å². The SMILES string of the molecule is CCn1cc[n+](C)c1.CCn1cc[n+](C)c1.S=C1NCCCCCCNC(=S)NCc2cn(nn2)-c2cccc(n2)-n2cc(nn2)CN1.S=C1NCCCCCCNC(=S)NCc2cn(nn2)-c2cccc(n2)-n2cc(nn2)CN1.[Cl-].[Cl-]. The molecule has 26 nitrogen and oxygen atoms in total. The van der Waals surface area contributed by atoms with Crippen molar-refractivity contribution in [3.05, 3.63) is 121 Å². The van der Waals surface area contributed by atoms with Gasteiger partial charge in [-0.25, -0.2) is 47.0 Å². The Labute approximate surface area is 511 Å². The van der Waals surface area contributed by atoms with Crippen LogP contribution in [0.4, 0.5) is 0 Å². The third kappa shape index (κ3) is 22.5. The molecule has 32 heteroatoms. The standard InChI is InChI=1S/2C19H25N11S2.2C6H11N2.2ClH/c2*31-18-20-8-3-1-2-4-9-21-19(32)23-11-15-13-30(28-26-15)17-7-5-6-16(24-17)29-12-14(10-22-18)25-27-29;2*1-3-8-5-4-7(2)6-8;;/h2*5-7,12-13H,1-4,8-11H2,(H2,20,22,31)(H2,21,23,32);2*4-6H,3H2,1-2H3;2*1H/q;;2*+1;;/p-2. The van der Waals surface area contributed by atoms with Crippen LogP contribution in [0.3, 0.4) is 0 Å². The molecule has 8 aromatic heterocycles. The topological polar surface area (TPSA) is 262 Å². The number of aryl methyl sites for hydroxylation is 4. The fourth-order valence-electron chi connectivity index (χ4n) is 7.63. The van der Waals surface area contributed by atoms with Crippen LogP contribution in [0.1, 0.15) is 88.0 Å². The van der Waals surface area contributed by atoms with E-state index in [4.69, 9.17) is 48.9 Å². The van der Waals surface area contributed by atoms with Crippen LogP contribution in [0.15, 0.2) is 98.6 Å². The summed E-state index contributed by atoms with van der Waals surface area (Å²) in [5.74, 6) is 2.50. The summed E-state index contributed by atoms with van der Waals surface area (Å²) in [6.07, 6.45) is 28.3. The molecule has 0 aliphatic carbocycles. The Kier molecular flexibility index (Phi) is 28.3. The van der Waals surface area contributed by atoms with Gasteiger partial charge in [-0.05, 0) is 113 Å². The molecular formula is C50H72Cl2N26S4. The van der Waals surface area contributed by atoms with Crippen LogP contribution in [0.25, 0.3) is 23.3 Å². The number of hydrogen-bond acceptors (Lipinski definition) is 14. The number of aromatic nitrogens is 18. The molecule has 10 rings (SSSR count). The highest BCUT2D eigenvalue weighted by atomic mass is 35.5. The third-order valence-corrected chi connectivity index (χ3v) is 13.1. The van der Waals surface area contributed by atoms with Crippen LogP contribution in [-0.2, 0) is 53.4 Å². The van der Waals surface area contributed by atoms with Crippen LogP contribution in [0, 0.1) is 0 Å². The number of imidazole rings is 2. The molecule has 8 N–H and O–H groups in total. The number of hydrogen-bond donors (Lipinski definition) is 8. The highest BCUT2D eigenvalue weighted by Crippen LogP contribution is 2.11. The van der Waals surface area contributed by atoms with Crippen molar-refractivity contribution in [2.24, 2.45) is 14.1 Å². The van der Waals surface area contributed by atoms with Crippen molar-refractivity contribution in [3.63, 3.8) is 0 Å². The summed E-state index contributed by atoms with van der Waals surface area (Å²) in [5, 5.41) is 61.5. The summed E-state index contributed by atoms with van der Waals surface area (Å²) in [6, 6.07) is 11.2. The van der Waals surface area contributed by atoms with Gasteiger partial charge >= 0.3 is 0 Å². The van der Waals surface area contributed by atoms with Gasteiger partial charge in [0.25, 0.3) is 0 Å². The number of rotatable bonds is 2. The number of halogens is 2. The molecule has 82 heavy (non-hydrogen) atoms. The highest BCUT2D eigenvalue weighted by molar-refractivity contribution is 7.80. The van der Waals surface area contributed by atoms with Gasteiger partial charge in [-0.15, -0.1) is 20.4 Å². The Hall–Kier alpha value is -7.38. The van der Waals surface area contributed by atoms with E-state index >= 15 is 0 Å². The van der Waals surface area contributed by atoms with Gasteiger partial charge in [0.1, 0.15) is 47.6 Å². The van der Waals surface area contributed by atoms with E-state index in [1.54, 1.807) is 18.7 Å². The Morgan fingerprint density at radius 2 is 0.683 bits per heavy atom. The number of fused-ring (bicyclic) bond motifs is 16. The van der Waals surface area contributed by atoms with E-state index in [0.29, 0.717) is 69.9 Å². The number of nitrogens with one attached hydrogen (secondary N) is 8. The number of nitrogens with zero attached hydrogens (tertiary/aromatic N) is 18. The zero-order valence-corrected chi connectivity index (χ0v) is 51.2. The lowest BCUT2D eigenvalue weighted by Crippen LogP contribution is -3.00. The second-order valence-corrected chi connectivity index (χ2v) is 20.0. The van der Waals surface area contributed by atoms with Crippen molar-refractivity contribution in [3.8, 4) is 23.3 Å². The maximum Gasteiger partial charge on any atom is 0.243 e. The van der Waals surface area contributed by atoms with Gasteiger partial charge in [-0.2, -0.15) is 0 Å². The second kappa shape index (κ2) is 35.5. The first kappa shape index (κ1) is 65.4. The molecule has 0 fully saturated rings. The van der Waals surface area contributed by atoms with E-state index in [0.717, 1.165) is 113 Å². The second-order valence-electron chi connectivity index (χ2n) is 18.4. The molecule has 0 unspecified atom stereocenters. The molecule has 0 saturated heterocycles. The molecule has 0 aromatic carbocycles. The minimum atomic E-state index is 0. The Morgan fingerprint density at radius 1 is 0.415 bits per heavy atom. The fourth-order valence-corrected chi connectivity index (χ4v) is 8.32. The predicted octanol–water partition coefficient (Wildman–Crippen LogP) is -3.84. The smallest absolute Gasteiger partial charge is 0.243 e. The minimum Gasteiger partial charge on any atom is -1.00 e. The van der Waals surface area contributed by atoms with Crippen molar-refractivity contribution >= 4 is 69.3 Å². The summed E-state index contributed by atoms with van der Waals surface area (Å²) in [5.41, 5.74) is 3.05. The van der Waals surface area contributed by atoms with Gasteiger partial charge in [0.05, 0.1) is 78.2 Å². The van der Waals surface area contributed by atoms with Crippen molar-refractivity contribution in [2.45, 2.75) is 104 Å². The molecule has 0 spiro atoms. The summed E-state index contributed by atoms with van der Waals surface area (Å²) in [4.78, 5) is 9.24. The highest BCUT2D eigenvalue weighted by Gasteiger charge is 2.12. The van der Waals surface area contributed by atoms with E-state index in [1.807, 2.05) is 96.8 Å². The van der Waals surface area contributed by atoms with Crippen molar-refractivity contribution in [1.29, 1.82) is 0 Å². The molecule has 2 aliphatic heterocycles. The first-order chi connectivity index (χ1) is 39.0. The molecule has 440 valence electrons. The van der Waals surface area contributed by atoms with Gasteiger partial charge < -0.3 is 67.3 Å². The van der Waals surface area contributed by atoms with E-state index in [9.17, 15) is 0 Å². The molecular weight excluding hydrogens is 1160 g/mol. The largest absolute Gasteiger partial charge is 1.00 e. The fraction of sp³-hybridized carbons (Fsp3) is 0.440. The summed E-state index contributed by atoms with van der Waals surface area (Å²) >= 11 is 21.4. The normalized spacial score (nSPS) is 14.6. The van der Waals surface area contributed by atoms with Gasteiger partial charge in [0.15, 0.2) is 43.7 Å². The lowest BCUT2D eigenvalue weighted by atomic mass is 10.2. The molecule has 12 bridgehead atoms. The average molecular weight is 1240 g/mol. The zero-order chi connectivity index (χ0) is 56.3. The van der Waals surface area contributed by atoms with Crippen molar-refractivity contribution in [2.75, 3.05) is 26.2 Å². The summed E-state index contributed by atoms with van der Waals surface area (Å²) in [7, 11) is 4.04. The van der Waals surface area contributed by atoms with Crippen LogP contribution in [-0.4, -0.2) is 126 Å². The molecule has 8 aromatic rings. The molecule has 0 saturated carbocycles. The minimum absolute atomic E-state index is 0. The Morgan fingerprint density at radius 3 is 0.902 bits per heavy atom. The average Bonchev–Trinajstić information content (AvgIpc) is 4.37. The van der Waals surface area contributed by atoms with Crippen LogP contribution in [0.2, 0.25) is 0 Å². The van der Waals surface area contributed by atoms with Crippen molar-refractivity contribution in [1.82, 2.24) is 122 Å². The zero-order valence-electron chi connectivity index (χ0n) is 46.4. The Balaban J connectivity index is 0.000000232. The lowest BCUT2D eigenvalue weighted by Gasteiger charge is -2.10. The number of thiocarbonyl (C=S) groups is 4. The van der Waals surface area contributed by atoms with Crippen molar-refractivity contribution < 1.29 is 33.9 Å². The lowest BCUT2D eigenvalue weighted by molar-refractivity contribution is -0.671.